The molecule has 0 N–H and O–H groups in total. The van der Waals surface area contributed by atoms with Gasteiger partial charge >= 0.3 is 0 Å². The first-order valence-corrected chi connectivity index (χ1v) is 10.7. The molecule has 0 aromatic heterocycles. The molecule has 0 bridgehead atoms. The maximum atomic E-state index is 13.2. The summed E-state index contributed by atoms with van der Waals surface area (Å²) in [5, 5.41) is 1.13. The number of methoxy groups -OCH3 is 1. The number of benzene rings is 2. The normalized spacial score (nSPS) is 17.5. The van der Waals surface area contributed by atoms with Crippen LogP contribution < -0.4 is 9.47 Å². The fraction of sp³-hybridized carbons (Fsp3) is 0.364. The minimum Gasteiger partial charge on any atom is -0.494 e. The molecule has 5 nitrogen and oxygen atoms in total. The predicted molar refractivity (Wildman–Crippen MR) is 117 cm³/mol. The second-order valence-electron chi connectivity index (χ2n) is 7.71. The zero-order chi connectivity index (χ0) is 21.6. The van der Waals surface area contributed by atoms with Gasteiger partial charge in [-0.2, -0.15) is 0 Å². The lowest BCUT2D eigenvalue weighted by Gasteiger charge is -2.44. The molecule has 1 fully saturated rings. The highest BCUT2D eigenvalue weighted by atomic mass is 35.5. The molecule has 1 saturated heterocycles. The van der Waals surface area contributed by atoms with E-state index < -0.39 is 5.60 Å². The molecule has 2 heterocycles. The van der Waals surface area contributed by atoms with Crippen molar-refractivity contribution in [1.82, 2.24) is 4.90 Å². The first-order chi connectivity index (χ1) is 14.2. The Labute approximate surface area is 189 Å². The van der Waals surface area contributed by atoms with E-state index in [0.29, 0.717) is 47.3 Å². The Hall–Kier alpha value is -1.95. The average molecular weight is 469 g/mol. The number of halogens is 3. The number of carbonyl (C=O) groups excluding carboxylic acids is 2. The van der Waals surface area contributed by atoms with Gasteiger partial charge in [-0.1, -0.05) is 34.8 Å². The molecule has 0 aliphatic carbocycles. The van der Waals surface area contributed by atoms with Gasteiger partial charge in [0.05, 0.1) is 29.1 Å². The maximum absolute atomic E-state index is 13.2. The van der Waals surface area contributed by atoms with Crippen molar-refractivity contribution in [1.29, 1.82) is 0 Å². The van der Waals surface area contributed by atoms with Crippen molar-refractivity contribution in [2.24, 2.45) is 0 Å². The van der Waals surface area contributed by atoms with Gasteiger partial charge in [-0.15, -0.1) is 0 Å². The molecule has 2 aliphatic rings. The van der Waals surface area contributed by atoms with Crippen LogP contribution in [0.2, 0.25) is 15.1 Å². The Morgan fingerprint density at radius 2 is 1.80 bits per heavy atom. The van der Waals surface area contributed by atoms with Crippen molar-refractivity contribution < 1.29 is 19.1 Å². The van der Waals surface area contributed by atoms with E-state index in [1.165, 1.54) is 7.11 Å². The highest BCUT2D eigenvalue weighted by molar-refractivity contribution is 6.37. The first-order valence-electron chi connectivity index (χ1n) is 9.58. The number of rotatable bonds is 2. The van der Waals surface area contributed by atoms with E-state index in [1.54, 1.807) is 29.2 Å². The summed E-state index contributed by atoms with van der Waals surface area (Å²) in [4.78, 5) is 27.7. The molecule has 0 radical (unpaired) electrons. The minimum atomic E-state index is -0.623. The van der Waals surface area contributed by atoms with Crippen molar-refractivity contribution in [3.8, 4) is 11.5 Å². The largest absolute Gasteiger partial charge is 0.494 e. The SMILES string of the molecule is COc1c(Cl)ccc(Cl)c1C(=O)N1CCC2(CC1)CC(=O)c1cc(Cl)cc(C)c1O2. The van der Waals surface area contributed by atoms with Crippen LogP contribution in [0.4, 0.5) is 0 Å². The van der Waals surface area contributed by atoms with Crippen LogP contribution in [0.25, 0.3) is 0 Å². The summed E-state index contributed by atoms with van der Waals surface area (Å²) >= 11 is 18.5. The van der Waals surface area contributed by atoms with E-state index in [0.717, 1.165) is 5.56 Å². The smallest absolute Gasteiger partial charge is 0.259 e. The summed E-state index contributed by atoms with van der Waals surface area (Å²) in [6.45, 7) is 2.74. The third-order valence-electron chi connectivity index (χ3n) is 5.78. The van der Waals surface area contributed by atoms with Crippen molar-refractivity contribution in [2.45, 2.75) is 31.8 Å². The molecular formula is C22H20Cl3NO4. The van der Waals surface area contributed by atoms with E-state index >= 15 is 0 Å². The Balaban J connectivity index is 1.56. The Morgan fingerprint density at radius 1 is 1.13 bits per heavy atom. The molecule has 30 heavy (non-hydrogen) atoms. The number of hydrogen-bond donors (Lipinski definition) is 0. The van der Waals surface area contributed by atoms with Gasteiger partial charge in [0.15, 0.2) is 11.5 Å². The Kier molecular flexibility index (Phi) is 5.64. The number of nitrogens with zero attached hydrogens (tertiary/aromatic N) is 1. The van der Waals surface area contributed by atoms with Crippen molar-refractivity contribution in [3.63, 3.8) is 0 Å². The minimum absolute atomic E-state index is 0.0150. The topological polar surface area (TPSA) is 55.8 Å². The molecule has 4 rings (SSSR count). The van der Waals surface area contributed by atoms with Crippen LogP contribution in [0.3, 0.4) is 0 Å². The van der Waals surface area contributed by atoms with Crippen LogP contribution in [-0.2, 0) is 0 Å². The van der Waals surface area contributed by atoms with Gasteiger partial charge in [-0.05, 0) is 36.8 Å². The van der Waals surface area contributed by atoms with Gasteiger partial charge in [0, 0.05) is 31.0 Å². The van der Waals surface area contributed by atoms with Crippen LogP contribution >= 0.6 is 34.8 Å². The summed E-state index contributed by atoms with van der Waals surface area (Å²) < 4.78 is 11.7. The zero-order valence-corrected chi connectivity index (χ0v) is 18.8. The number of fused-ring (bicyclic) bond motifs is 1. The number of Topliss-reactive ketones (excluding diaryl/α,β-unsaturated/α-hetero) is 1. The van der Waals surface area contributed by atoms with E-state index in [9.17, 15) is 9.59 Å². The van der Waals surface area contributed by atoms with Crippen LogP contribution in [0.5, 0.6) is 11.5 Å². The molecule has 0 unspecified atom stereocenters. The van der Waals surface area contributed by atoms with Gasteiger partial charge in [0.2, 0.25) is 0 Å². The average Bonchev–Trinajstić information content (AvgIpc) is 2.70. The molecule has 2 aliphatic heterocycles. The molecule has 158 valence electrons. The molecule has 2 aromatic rings. The second-order valence-corrected chi connectivity index (χ2v) is 8.96. The van der Waals surface area contributed by atoms with Crippen LogP contribution in [0, 0.1) is 6.92 Å². The van der Waals surface area contributed by atoms with Gasteiger partial charge in [0.25, 0.3) is 5.91 Å². The Bertz CT molecular complexity index is 1050. The van der Waals surface area contributed by atoms with E-state index in [4.69, 9.17) is 44.3 Å². The summed E-state index contributed by atoms with van der Waals surface area (Å²) in [6, 6.07) is 6.63. The quantitative estimate of drug-likeness (QED) is 0.575. The van der Waals surface area contributed by atoms with Gasteiger partial charge in [-0.3, -0.25) is 9.59 Å². The lowest BCUT2D eigenvalue weighted by Crippen LogP contribution is -2.52. The van der Waals surface area contributed by atoms with Crippen LogP contribution in [-0.4, -0.2) is 42.4 Å². The van der Waals surface area contributed by atoms with Gasteiger partial charge < -0.3 is 14.4 Å². The highest BCUT2D eigenvalue weighted by Gasteiger charge is 2.44. The number of ketones is 1. The van der Waals surface area contributed by atoms with Crippen LogP contribution in [0.15, 0.2) is 24.3 Å². The fourth-order valence-corrected chi connectivity index (χ4v) is 4.94. The summed E-state index contributed by atoms with van der Waals surface area (Å²) in [5.74, 6) is 0.621. The summed E-state index contributed by atoms with van der Waals surface area (Å²) in [5.41, 5.74) is 0.985. The number of ether oxygens (including phenoxy) is 2. The number of hydrogen-bond acceptors (Lipinski definition) is 4. The number of carbonyl (C=O) groups is 2. The van der Waals surface area contributed by atoms with Crippen molar-refractivity contribution in [3.05, 3.63) is 56.0 Å². The van der Waals surface area contributed by atoms with E-state index in [2.05, 4.69) is 0 Å². The van der Waals surface area contributed by atoms with E-state index in [-0.39, 0.29) is 34.4 Å². The monoisotopic (exact) mass is 467 g/mol. The number of likely N-dealkylation sites (tertiary alicyclic amines) is 1. The fourth-order valence-electron chi connectivity index (χ4n) is 4.20. The number of amides is 1. The van der Waals surface area contributed by atoms with Gasteiger partial charge in [0.1, 0.15) is 16.9 Å². The number of piperidine rings is 1. The third kappa shape index (κ3) is 3.64. The second kappa shape index (κ2) is 7.95. The van der Waals surface area contributed by atoms with Crippen LogP contribution in [0.1, 0.15) is 45.5 Å². The Morgan fingerprint density at radius 3 is 2.47 bits per heavy atom. The summed E-state index contributed by atoms with van der Waals surface area (Å²) in [6.07, 6.45) is 1.34. The zero-order valence-electron chi connectivity index (χ0n) is 16.6. The number of aryl methyl sites for hydroxylation is 1. The lowest BCUT2D eigenvalue weighted by molar-refractivity contribution is -0.00621. The first kappa shape index (κ1) is 21.3. The standard InChI is InChI=1S/C22H20Cl3NO4/c1-12-9-13(23)10-14-17(27)11-22(30-19(12)14)5-7-26(8-6-22)21(28)18-15(24)3-4-16(25)20(18)29-2/h3-4,9-10H,5-8,11H2,1-2H3. The third-order valence-corrected chi connectivity index (χ3v) is 6.61. The molecule has 1 amide bonds. The van der Waals surface area contributed by atoms with Crippen molar-refractivity contribution >= 4 is 46.5 Å². The molecule has 0 saturated carbocycles. The summed E-state index contributed by atoms with van der Waals surface area (Å²) in [7, 11) is 1.45. The molecule has 0 atom stereocenters. The lowest BCUT2D eigenvalue weighted by atomic mass is 9.82. The van der Waals surface area contributed by atoms with Gasteiger partial charge in [-0.25, -0.2) is 0 Å². The van der Waals surface area contributed by atoms with Crippen molar-refractivity contribution in [2.75, 3.05) is 20.2 Å². The highest BCUT2D eigenvalue weighted by Crippen LogP contribution is 2.43. The molecule has 1 spiro atoms. The molecule has 8 heteroatoms. The molecule has 2 aromatic carbocycles. The maximum Gasteiger partial charge on any atom is 0.259 e. The molecular weight excluding hydrogens is 449 g/mol. The van der Waals surface area contributed by atoms with E-state index in [1.807, 2.05) is 6.92 Å². The predicted octanol–water partition coefficient (Wildman–Crippen LogP) is 5.60.